The van der Waals surface area contributed by atoms with E-state index in [1.54, 1.807) is 19.3 Å². The van der Waals surface area contributed by atoms with E-state index < -0.39 is 0 Å². The number of rotatable bonds is 2. The number of halogens is 1. The zero-order chi connectivity index (χ0) is 14.8. The standard InChI is InChI=1S/C16H12BrNO3/c1-20-13-7-6-10(8-11(13)17)9-15-16(19)18-12-4-2-3-5-14(12)21-15/h2-9H,1H3,(H,18,19)/b15-9+. The van der Waals surface area contributed by atoms with E-state index in [-0.39, 0.29) is 11.7 Å². The van der Waals surface area contributed by atoms with Crippen LogP contribution in [0.5, 0.6) is 11.5 Å². The molecule has 1 heterocycles. The third-order valence-corrected chi connectivity index (χ3v) is 3.67. The van der Waals surface area contributed by atoms with Crippen molar-refractivity contribution in [3.8, 4) is 11.5 Å². The molecule has 2 aromatic carbocycles. The van der Waals surface area contributed by atoms with Crippen LogP contribution < -0.4 is 14.8 Å². The molecule has 5 heteroatoms. The highest BCUT2D eigenvalue weighted by atomic mass is 79.9. The van der Waals surface area contributed by atoms with Gasteiger partial charge in [0.05, 0.1) is 17.3 Å². The average molecular weight is 346 g/mol. The van der Waals surface area contributed by atoms with Gasteiger partial charge in [-0.3, -0.25) is 4.79 Å². The predicted octanol–water partition coefficient (Wildman–Crippen LogP) is 3.83. The van der Waals surface area contributed by atoms with Gasteiger partial charge in [-0.25, -0.2) is 0 Å². The van der Waals surface area contributed by atoms with Crippen molar-refractivity contribution in [3.63, 3.8) is 0 Å². The predicted molar refractivity (Wildman–Crippen MR) is 84.4 cm³/mol. The Morgan fingerprint density at radius 1 is 1.24 bits per heavy atom. The van der Waals surface area contributed by atoms with Gasteiger partial charge in [0.1, 0.15) is 5.75 Å². The zero-order valence-corrected chi connectivity index (χ0v) is 12.8. The minimum absolute atomic E-state index is 0.255. The van der Waals surface area contributed by atoms with Crippen LogP contribution in [0.25, 0.3) is 6.08 Å². The molecule has 1 aliphatic heterocycles. The lowest BCUT2D eigenvalue weighted by atomic mass is 10.1. The van der Waals surface area contributed by atoms with Gasteiger partial charge < -0.3 is 14.8 Å². The van der Waals surface area contributed by atoms with Gasteiger partial charge in [-0.2, -0.15) is 0 Å². The smallest absolute Gasteiger partial charge is 0.291 e. The Kier molecular flexibility index (Phi) is 3.66. The molecule has 1 amide bonds. The van der Waals surface area contributed by atoms with Gasteiger partial charge in [0.25, 0.3) is 5.91 Å². The summed E-state index contributed by atoms with van der Waals surface area (Å²) in [6.45, 7) is 0. The largest absolute Gasteiger partial charge is 0.496 e. The van der Waals surface area contributed by atoms with E-state index in [2.05, 4.69) is 21.2 Å². The summed E-state index contributed by atoms with van der Waals surface area (Å²) in [5.41, 5.74) is 1.52. The van der Waals surface area contributed by atoms with Gasteiger partial charge in [0.2, 0.25) is 0 Å². The van der Waals surface area contributed by atoms with Crippen molar-refractivity contribution in [1.29, 1.82) is 0 Å². The summed E-state index contributed by atoms with van der Waals surface area (Å²) in [7, 11) is 1.60. The number of hydrogen-bond acceptors (Lipinski definition) is 3. The number of hydrogen-bond donors (Lipinski definition) is 1. The maximum atomic E-state index is 12.0. The molecule has 2 aromatic rings. The number of para-hydroxylation sites is 2. The third kappa shape index (κ3) is 2.78. The number of amides is 1. The Morgan fingerprint density at radius 2 is 2.05 bits per heavy atom. The van der Waals surface area contributed by atoms with Gasteiger partial charge >= 0.3 is 0 Å². The first-order valence-corrected chi connectivity index (χ1v) is 7.10. The first-order chi connectivity index (χ1) is 10.2. The maximum Gasteiger partial charge on any atom is 0.291 e. The Bertz CT molecular complexity index is 740. The Balaban J connectivity index is 1.93. The molecule has 0 aromatic heterocycles. The second kappa shape index (κ2) is 5.61. The number of anilines is 1. The summed E-state index contributed by atoms with van der Waals surface area (Å²) in [6.07, 6.45) is 1.69. The first-order valence-electron chi connectivity index (χ1n) is 6.31. The topological polar surface area (TPSA) is 47.6 Å². The number of fused-ring (bicyclic) bond motifs is 1. The van der Waals surface area contributed by atoms with Gasteiger partial charge in [-0.05, 0) is 51.8 Å². The van der Waals surface area contributed by atoms with Crippen LogP contribution in [0.2, 0.25) is 0 Å². The highest BCUT2D eigenvalue weighted by Gasteiger charge is 2.21. The van der Waals surface area contributed by atoms with Crippen molar-refractivity contribution in [1.82, 2.24) is 0 Å². The number of carbonyl (C=O) groups is 1. The first kappa shape index (κ1) is 13.7. The zero-order valence-electron chi connectivity index (χ0n) is 11.2. The van der Waals surface area contributed by atoms with Crippen LogP contribution in [0, 0.1) is 0 Å². The number of carbonyl (C=O) groups excluding carboxylic acids is 1. The monoisotopic (exact) mass is 345 g/mol. The number of nitrogens with one attached hydrogen (secondary N) is 1. The van der Waals surface area contributed by atoms with E-state index in [0.29, 0.717) is 11.4 Å². The fourth-order valence-corrected chi connectivity index (χ4v) is 2.58. The molecule has 1 aliphatic rings. The molecular weight excluding hydrogens is 334 g/mol. The van der Waals surface area contributed by atoms with Crippen molar-refractivity contribution >= 4 is 33.6 Å². The van der Waals surface area contributed by atoms with Gasteiger partial charge in [-0.15, -0.1) is 0 Å². The lowest BCUT2D eigenvalue weighted by molar-refractivity contribution is -0.115. The molecule has 0 bridgehead atoms. The fraction of sp³-hybridized carbons (Fsp3) is 0.0625. The molecule has 0 spiro atoms. The van der Waals surface area contributed by atoms with Crippen molar-refractivity contribution < 1.29 is 14.3 Å². The maximum absolute atomic E-state index is 12.0. The Labute approximate surface area is 130 Å². The lowest BCUT2D eigenvalue weighted by Crippen LogP contribution is -2.23. The fourth-order valence-electron chi connectivity index (χ4n) is 2.03. The number of ether oxygens (including phenoxy) is 2. The van der Waals surface area contributed by atoms with E-state index in [0.717, 1.165) is 15.8 Å². The number of benzene rings is 2. The van der Waals surface area contributed by atoms with E-state index in [9.17, 15) is 4.79 Å². The van der Waals surface area contributed by atoms with Crippen LogP contribution in [0.1, 0.15) is 5.56 Å². The van der Waals surface area contributed by atoms with Crippen molar-refractivity contribution in [2.24, 2.45) is 0 Å². The molecule has 0 fully saturated rings. The molecule has 0 radical (unpaired) electrons. The third-order valence-electron chi connectivity index (χ3n) is 3.05. The van der Waals surface area contributed by atoms with Crippen molar-refractivity contribution in [2.75, 3.05) is 12.4 Å². The van der Waals surface area contributed by atoms with E-state index in [4.69, 9.17) is 9.47 Å². The summed E-state index contributed by atoms with van der Waals surface area (Å²) < 4.78 is 11.6. The van der Waals surface area contributed by atoms with E-state index in [1.165, 1.54) is 0 Å². The molecule has 3 rings (SSSR count). The van der Waals surface area contributed by atoms with Gasteiger partial charge in [0, 0.05) is 0 Å². The van der Waals surface area contributed by atoms with Crippen LogP contribution in [-0.2, 0) is 4.79 Å². The summed E-state index contributed by atoms with van der Waals surface area (Å²) in [4.78, 5) is 12.0. The minimum atomic E-state index is -0.263. The van der Waals surface area contributed by atoms with Crippen molar-refractivity contribution in [2.45, 2.75) is 0 Å². The molecule has 106 valence electrons. The molecule has 0 saturated carbocycles. The number of methoxy groups -OCH3 is 1. The molecule has 4 nitrogen and oxygen atoms in total. The average Bonchev–Trinajstić information content (AvgIpc) is 2.48. The second-order valence-electron chi connectivity index (χ2n) is 4.45. The van der Waals surface area contributed by atoms with Crippen LogP contribution in [0.4, 0.5) is 5.69 Å². The highest BCUT2D eigenvalue weighted by Crippen LogP contribution is 2.32. The minimum Gasteiger partial charge on any atom is -0.496 e. The Hall–Kier alpha value is -2.27. The van der Waals surface area contributed by atoms with Crippen LogP contribution in [0.15, 0.2) is 52.7 Å². The van der Waals surface area contributed by atoms with Crippen LogP contribution >= 0.6 is 15.9 Å². The molecular formula is C16H12BrNO3. The van der Waals surface area contributed by atoms with E-state index >= 15 is 0 Å². The second-order valence-corrected chi connectivity index (χ2v) is 5.31. The lowest BCUT2D eigenvalue weighted by Gasteiger charge is -2.19. The molecule has 1 N–H and O–H groups in total. The van der Waals surface area contributed by atoms with E-state index in [1.807, 2.05) is 36.4 Å². The van der Waals surface area contributed by atoms with Crippen molar-refractivity contribution in [3.05, 3.63) is 58.3 Å². The highest BCUT2D eigenvalue weighted by molar-refractivity contribution is 9.10. The SMILES string of the molecule is COc1ccc(/C=C2/Oc3ccccc3NC2=O)cc1Br. The summed E-state index contributed by atoms with van der Waals surface area (Å²) in [5.74, 6) is 1.36. The summed E-state index contributed by atoms with van der Waals surface area (Å²) in [5, 5.41) is 2.80. The van der Waals surface area contributed by atoms with Crippen LogP contribution in [-0.4, -0.2) is 13.0 Å². The molecule has 0 unspecified atom stereocenters. The summed E-state index contributed by atoms with van der Waals surface area (Å²) >= 11 is 3.42. The molecule has 0 atom stereocenters. The quantitative estimate of drug-likeness (QED) is 0.841. The van der Waals surface area contributed by atoms with Gasteiger partial charge in [0.15, 0.2) is 11.5 Å². The normalized spacial score (nSPS) is 15.1. The Morgan fingerprint density at radius 3 is 2.81 bits per heavy atom. The molecule has 0 saturated heterocycles. The molecule has 0 aliphatic carbocycles. The van der Waals surface area contributed by atoms with Gasteiger partial charge in [-0.1, -0.05) is 18.2 Å². The molecule has 21 heavy (non-hydrogen) atoms. The summed E-state index contributed by atoms with van der Waals surface area (Å²) in [6, 6.07) is 12.9. The van der Waals surface area contributed by atoms with Crippen LogP contribution in [0.3, 0.4) is 0 Å².